The van der Waals surface area contributed by atoms with Crippen LogP contribution in [0.1, 0.15) is 44.6 Å². The molecule has 4 rings (SSSR count). The van der Waals surface area contributed by atoms with Gasteiger partial charge in [-0.05, 0) is 47.2 Å². The minimum Gasteiger partial charge on any atom is -0.493 e. The minimum atomic E-state index is -0.348. The van der Waals surface area contributed by atoms with Crippen LogP contribution in [-0.4, -0.2) is 25.6 Å². The topological polar surface area (TPSA) is 53.7 Å². The fourth-order valence-electron chi connectivity index (χ4n) is 4.83. The molecule has 0 unspecified atom stereocenters. The first-order valence-electron chi connectivity index (χ1n) is 8.59. The highest BCUT2D eigenvalue weighted by molar-refractivity contribution is 9.10. The summed E-state index contributed by atoms with van der Waals surface area (Å²) < 4.78 is 19.0. The maximum Gasteiger partial charge on any atom is 0.168 e. The van der Waals surface area contributed by atoms with Crippen molar-refractivity contribution in [2.24, 2.45) is 5.92 Å². The predicted octanol–water partition coefficient (Wildman–Crippen LogP) is 4.00. The van der Waals surface area contributed by atoms with E-state index in [4.69, 9.17) is 19.9 Å². The highest BCUT2D eigenvalue weighted by Gasteiger charge is 2.53. The van der Waals surface area contributed by atoms with Gasteiger partial charge in [0.25, 0.3) is 0 Å². The van der Waals surface area contributed by atoms with Gasteiger partial charge < -0.3 is 19.9 Å². The number of anilines is 1. The summed E-state index contributed by atoms with van der Waals surface area (Å²) in [5, 5.41) is 0. The van der Waals surface area contributed by atoms with Gasteiger partial charge in [0.05, 0.1) is 19.8 Å². The molecule has 2 atom stereocenters. The monoisotopic (exact) mass is 381 g/mol. The molecule has 2 N–H and O–H groups in total. The zero-order valence-corrected chi connectivity index (χ0v) is 15.2. The molecule has 2 aliphatic heterocycles. The number of fused-ring (bicyclic) bond motifs is 3. The average molecular weight is 382 g/mol. The number of nitrogens with two attached hydrogens (primary N) is 1. The van der Waals surface area contributed by atoms with E-state index in [1.807, 2.05) is 6.07 Å². The van der Waals surface area contributed by atoms with Crippen LogP contribution in [0.5, 0.6) is 5.75 Å². The van der Waals surface area contributed by atoms with E-state index in [1.165, 1.54) is 5.56 Å². The normalized spacial score (nSPS) is 32.0. The van der Waals surface area contributed by atoms with Crippen molar-refractivity contribution >= 4 is 21.6 Å². The maximum absolute atomic E-state index is 6.08. The van der Waals surface area contributed by atoms with E-state index in [2.05, 4.69) is 28.9 Å². The van der Waals surface area contributed by atoms with Crippen molar-refractivity contribution in [3.05, 3.63) is 22.2 Å². The zero-order valence-electron chi connectivity index (χ0n) is 13.6. The van der Waals surface area contributed by atoms with Gasteiger partial charge in [-0.25, -0.2) is 0 Å². The summed E-state index contributed by atoms with van der Waals surface area (Å²) in [5.41, 5.74) is 8.24. The predicted molar refractivity (Wildman–Crippen MR) is 92.6 cm³/mol. The van der Waals surface area contributed by atoms with Crippen molar-refractivity contribution < 1.29 is 14.2 Å². The molecule has 0 amide bonds. The third kappa shape index (κ3) is 2.39. The van der Waals surface area contributed by atoms with E-state index in [0.717, 1.165) is 67.8 Å². The van der Waals surface area contributed by atoms with Gasteiger partial charge in [-0.1, -0.05) is 6.92 Å². The van der Waals surface area contributed by atoms with Crippen LogP contribution in [0.25, 0.3) is 0 Å². The summed E-state index contributed by atoms with van der Waals surface area (Å²) in [7, 11) is 0. The van der Waals surface area contributed by atoms with Gasteiger partial charge in [-0.15, -0.1) is 0 Å². The Morgan fingerprint density at radius 1 is 1.22 bits per heavy atom. The van der Waals surface area contributed by atoms with Crippen molar-refractivity contribution in [3.63, 3.8) is 0 Å². The molecule has 23 heavy (non-hydrogen) atoms. The van der Waals surface area contributed by atoms with Crippen molar-refractivity contribution in [3.8, 4) is 5.75 Å². The van der Waals surface area contributed by atoms with E-state index in [0.29, 0.717) is 5.92 Å². The number of rotatable bonds is 1. The van der Waals surface area contributed by atoms with Crippen molar-refractivity contribution in [1.82, 2.24) is 0 Å². The number of halogens is 1. The molecule has 1 saturated heterocycles. The lowest BCUT2D eigenvalue weighted by molar-refractivity contribution is -0.199. The zero-order chi connectivity index (χ0) is 16.1. The molecule has 3 aliphatic rings. The molecule has 0 aromatic heterocycles. The molecule has 5 heteroatoms. The molecule has 0 bridgehead atoms. The van der Waals surface area contributed by atoms with E-state index in [9.17, 15) is 0 Å². The molecule has 2 fully saturated rings. The largest absolute Gasteiger partial charge is 0.493 e. The molecule has 0 radical (unpaired) electrons. The first kappa shape index (κ1) is 15.7. The summed E-state index contributed by atoms with van der Waals surface area (Å²) in [4.78, 5) is 0. The number of ether oxygens (including phenoxy) is 3. The summed E-state index contributed by atoms with van der Waals surface area (Å²) in [5.74, 6) is 1.12. The van der Waals surface area contributed by atoms with Gasteiger partial charge >= 0.3 is 0 Å². The van der Waals surface area contributed by atoms with Gasteiger partial charge in [0.1, 0.15) is 5.75 Å². The smallest absolute Gasteiger partial charge is 0.168 e. The molecule has 1 aliphatic carbocycles. The Morgan fingerprint density at radius 2 is 2.00 bits per heavy atom. The fourth-order valence-corrected chi connectivity index (χ4v) is 5.17. The molecule has 1 saturated carbocycles. The van der Waals surface area contributed by atoms with Gasteiger partial charge in [0.15, 0.2) is 5.79 Å². The summed E-state index contributed by atoms with van der Waals surface area (Å²) in [6, 6.07) is 4.16. The average Bonchev–Trinajstić information content (AvgIpc) is 2.93. The molecule has 1 aromatic rings. The van der Waals surface area contributed by atoms with Gasteiger partial charge in [0.2, 0.25) is 0 Å². The van der Waals surface area contributed by atoms with Crippen LogP contribution >= 0.6 is 15.9 Å². The van der Waals surface area contributed by atoms with Gasteiger partial charge in [-0.3, -0.25) is 0 Å². The fraction of sp³-hybridized carbons (Fsp3) is 0.667. The van der Waals surface area contributed by atoms with E-state index >= 15 is 0 Å². The lowest BCUT2D eigenvalue weighted by atomic mass is 9.59. The van der Waals surface area contributed by atoms with Crippen molar-refractivity contribution in [2.75, 3.05) is 25.6 Å². The number of hydrogen-bond donors (Lipinski definition) is 1. The second-order valence-electron chi connectivity index (χ2n) is 7.03. The van der Waals surface area contributed by atoms with Crippen LogP contribution in [-0.2, 0) is 14.9 Å². The minimum absolute atomic E-state index is 0.128. The van der Waals surface area contributed by atoms with Crippen LogP contribution in [0.4, 0.5) is 5.69 Å². The lowest BCUT2D eigenvalue weighted by Gasteiger charge is -2.49. The highest BCUT2D eigenvalue weighted by atomic mass is 79.9. The molecule has 126 valence electrons. The number of hydrogen-bond acceptors (Lipinski definition) is 4. The summed E-state index contributed by atoms with van der Waals surface area (Å²) >= 11 is 3.60. The first-order valence-corrected chi connectivity index (χ1v) is 9.38. The van der Waals surface area contributed by atoms with E-state index in [-0.39, 0.29) is 11.2 Å². The van der Waals surface area contributed by atoms with Crippen LogP contribution in [0.3, 0.4) is 0 Å². The summed E-state index contributed by atoms with van der Waals surface area (Å²) in [6.07, 6.45) is 5.13. The van der Waals surface area contributed by atoms with Crippen molar-refractivity contribution in [2.45, 2.75) is 50.2 Å². The third-order valence-corrected chi connectivity index (χ3v) is 6.78. The molecule has 4 nitrogen and oxygen atoms in total. The molecule has 1 aromatic carbocycles. The van der Waals surface area contributed by atoms with Crippen LogP contribution in [0.2, 0.25) is 0 Å². The quantitative estimate of drug-likeness (QED) is 0.746. The summed E-state index contributed by atoms with van der Waals surface area (Å²) in [6.45, 7) is 4.47. The Morgan fingerprint density at radius 3 is 2.74 bits per heavy atom. The number of nitrogen functional groups attached to an aromatic ring is 1. The van der Waals surface area contributed by atoms with Gasteiger partial charge in [-0.2, -0.15) is 0 Å². The van der Waals surface area contributed by atoms with E-state index < -0.39 is 0 Å². The van der Waals surface area contributed by atoms with Crippen LogP contribution in [0.15, 0.2) is 16.6 Å². The van der Waals surface area contributed by atoms with E-state index in [1.54, 1.807) is 0 Å². The van der Waals surface area contributed by atoms with Crippen LogP contribution in [0, 0.1) is 5.92 Å². The molecular formula is C18H24BrNO3. The Balaban J connectivity index is 1.78. The Labute approximate surface area is 145 Å². The molecular weight excluding hydrogens is 358 g/mol. The highest BCUT2D eigenvalue weighted by Crippen LogP contribution is 2.56. The standard InChI is InChI=1S/C18H24BrNO3/c1-2-17-4-5-18(22-7-8-23-18)11-12(17)3-6-21-16-10-15(20)14(19)9-13(16)17/h9-10,12H,2-8,11,20H2,1H3/t12-,17+/m0/s1. The second kappa shape index (κ2) is 5.64. The second-order valence-corrected chi connectivity index (χ2v) is 7.88. The van der Waals surface area contributed by atoms with Crippen LogP contribution < -0.4 is 10.5 Å². The van der Waals surface area contributed by atoms with Gasteiger partial charge in [0, 0.05) is 40.0 Å². The maximum atomic E-state index is 6.08. The first-order chi connectivity index (χ1) is 11.1. The molecule has 2 heterocycles. The molecule has 1 spiro atoms. The van der Waals surface area contributed by atoms with Crippen molar-refractivity contribution in [1.29, 1.82) is 0 Å². The Hall–Kier alpha value is -0.780. The Kier molecular flexibility index (Phi) is 3.86. The Bertz CT molecular complexity index is 615. The SMILES string of the molecule is CC[C@@]12CCC3(C[C@@H]1CCOc1cc(N)c(Br)cc12)OCCO3. The third-order valence-electron chi connectivity index (χ3n) is 6.09. The number of benzene rings is 1. The lowest BCUT2D eigenvalue weighted by Crippen LogP contribution is -2.48.